The molecule has 0 aliphatic rings. The lowest BCUT2D eigenvalue weighted by molar-refractivity contribution is -0.145. The van der Waals surface area contributed by atoms with E-state index in [9.17, 15) is 19.2 Å². The number of Topliss-reactive ketones (excluding diaryl/α,β-unsaturated/α-hetero) is 2. The van der Waals surface area contributed by atoms with Crippen LogP contribution in [0.1, 0.15) is 66.2 Å². The van der Waals surface area contributed by atoms with Crippen molar-refractivity contribution in [1.82, 2.24) is 0 Å². The molecule has 0 atom stereocenters. The molecule has 2 aromatic carbocycles. The monoisotopic (exact) mass is 466 g/mol. The van der Waals surface area contributed by atoms with Gasteiger partial charge in [-0.3, -0.25) is 19.2 Å². The molecule has 0 unspecified atom stereocenters. The molecule has 182 valence electrons. The summed E-state index contributed by atoms with van der Waals surface area (Å²) in [6.07, 6.45) is 1.31. The molecule has 0 bridgehead atoms. The van der Waals surface area contributed by atoms with Crippen molar-refractivity contribution >= 4 is 23.5 Å². The third-order valence-corrected chi connectivity index (χ3v) is 5.75. The molecule has 0 saturated heterocycles. The first-order valence-corrected chi connectivity index (χ1v) is 11.6. The molecule has 0 aliphatic heterocycles. The van der Waals surface area contributed by atoms with Crippen molar-refractivity contribution in [2.45, 2.75) is 66.2 Å². The summed E-state index contributed by atoms with van der Waals surface area (Å²) in [5, 5.41) is 0. The number of esters is 2. The second kappa shape index (κ2) is 12.3. The highest BCUT2D eigenvalue weighted by molar-refractivity contribution is 5.87. The van der Waals surface area contributed by atoms with E-state index in [1.54, 1.807) is 76.2 Å². The number of ketones is 2. The summed E-state index contributed by atoms with van der Waals surface area (Å²) in [5.74, 6) is -0.00564. The van der Waals surface area contributed by atoms with Gasteiger partial charge in [0.25, 0.3) is 0 Å². The van der Waals surface area contributed by atoms with Gasteiger partial charge in [0.15, 0.2) is 0 Å². The van der Waals surface area contributed by atoms with Gasteiger partial charge < -0.3 is 9.47 Å². The van der Waals surface area contributed by atoms with Gasteiger partial charge in [-0.05, 0) is 64.8 Å². The van der Waals surface area contributed by atoms with E-state index in [1.165, 1.54) is 0 Å². The number of carbonyl (C=O) groups is 4. The van der Waals surface area contributed by atoms with E-state index >= 15 is 0 Å². The van der Waals surface area contributed by atoms with Crippen LogP contribution in [0.2, 0.25) is 0 Å². The fourth-order valence-electron chi connectivity index (χ4n) is 3.10. The lowest BCUT2D eigenvalue weighted by atomic mass is 9.85. The van der Waals surface area contributed by atoms with Crippen molar-refractivity contribution in [3.63, 3.8) is 0 Å². The third-order valence-electron chi connectivity index (χ3n) is 5.75. The quantitative estimate of drug-likeness (QED) is 0.277. The van der Waals surface area contributed by atoms with Gasteiger partial charge in [-0.15, -0.1) is 0 Å². The highest BCUT2D eigenvalue weighted by Gasteiger charge is 2.31. The molecule has 2 rings (SSSR count). The summed E-state index contributed by atoms with van der Waals surface area (Å²) in [5.41, 5.74) is -1.64. The highest BCUT2D eigenvalue weighted by atomic mass is 16.5. The number of rotatable bonds is 13. The van der Waals surface area contributed by atoms with Gasteiger partial charge in [0.2, 0.25) is 0 Å². The maximum Gasteiger partial charge on any atom is 0.316 e. The smallest absolute Gasteiger partial charge is 0.316 e. The lowest BCUT2D eigenvalue weighted by Gasteiger charge is -2.22. The molecular formula is C28H34O6. The van der Waals surface area contributed by atoms with Gasteiger partial charge in [0.05, 0.1) is 10.8 Å². The molecule has 6 heteroatoms. The van der Waals surface area contributed by atoms with E-state index in [-0.39, 0.29) is 37.2 Å². The van der Waals surface area contributed by atoms with E-state index in [0.29, 0.717) is 24.3 Å². The number of hydrogen-bond donors (Lipinski definition) is 0. The van der Waals surface area contributed by atoms with Crippen LogP contribution in [0.25, 0.3) is 0 Å². The molecular weight excluding hydrogens is 432 g/mol. The molecule has 0 N–H and O–H groups in total. The first kappa shape index (κ1) is 27.0. The van der Waals surface area contributed by atoms with Crippen LogP contribution in [-0.2, 0) is 19.2 Å². The Labute approximate surface area is 201 Å². The average Bonchev–Trinajstić information content (AvgIpc) is 2.81. The van der Waals surface area contributed by atoms with Crippen molar-refractivity contribution in [1.29, 1.82) is 0 Å². The molecule has 2 aromatic rings. The molecule has 0 aliphatic carbocycles. The Balaban J connectivity index is 1.71. The predicted octanol–water partition coefficient (Wildman–Crippen LogP) is 5.73. The standard InChI is InChI=1S/C28H34O6/c1-27(2,25(31)33-23-11-7-5-8-12-23)19-17-21(29)15-16-22(30)18-20-28(3,4)26(32)34-24-13-9-6-10-14-24/h5-14H,15-20H2,1-4H3. The highest BCUT2D eigenvalue weighted by Crippen LogP contribution is 2.28. The van der Waals surface area contributed by atoms with Gasteiger partial charge in [0, 0.05) is 25.7 Å². The summed E-state index contributed by atoms with van der Waals surface area (Å²) in [6, 6.07) is 17.6. The Morgan fingerprint density at radius 2 is 0.882 bits per heavy atom. The minimum absolute atomic E-state index is 0.0725. The van der Waals surface area contributed by atoms with Gasteiger partial charge in [0.1, 0.15) is 23.1 Å². The molecule has 0 fully saturated rings. The van der Waals surface area contributed by atoms with Gasteiger partial charge in [-0.1, -0.05) is 36.4 Å². The second-order valence-electron chi connectivity index (χ2n) is 9.75. The number of ether oxygens (including phenoxy) is 2. The van der Waals surface area contributed by atoms with Crippen LogP contribution >= 0.6 is 0 Å². The SMILES string of the molecule is CC(C)(CCC(=O)CCC(=O)CCC(C)(C)C(=O)Oc1ccccc1)C(=O)Oc1ccccc1. The molecule has 0 heterocycles. The lowest BCUT2D eigenvalue weighted by Crippen LogP contribution is -2.30. The van der Waals surface area contributed by atoms with Gasteiger partial charge in [-0.2, -0.15) is 0 Å². The predicted molar refractivity (Wildman–Crippen MR) is 129 cm³/mol. The Hall–Kier alpha value is -3.28. The zero-order valence-electron chi connectivity index (χ0n) is 20.5. The summed E-state index contributed by atoms with van der Waals surface area (Å²) < 4.78 is 10.8. The third kappa shape index (κ3) is 8.93. The van der Waals surface area contributed by atoms with Crippen LogP contribution in [-0.4, -0.2) is 23.5 Å². The normalized spacial score (nSPS) is 11.5. The molecule has 6 nitrogen and oxygen atoms in total. The first-order valence-electron chi connectivity index (χ1n) is 11.6. The van der Waals surface area contributed by atoms with Gasteiger partial charge in [-0.25, -0.2) is 0 Å². The van der Waals surface area contributed by atoms with E-state index in [2.05, 4.69) is 0 Å². The summed E-state index contributed by atoms with van der Waals surface area (Å²) in [7, 11) is 0. The topological polar surface area (TPSA) is 86.7 Å². The van der Waals surface area contributed by atoms with Crippen LogP contribution in [0.15, 0.2) is 60.7 Å². The molecule has 0 saturated carbocycles. The van der Waals surface area contributed by atoms with Crippen molar-refractivity contribution in [3.8, 4) is 11.5 Å². The van der Waals surface area contributed by atoms with E-state index < -0.39 is 22.8 Å². The van der Waals surface area contributed by atoms with E-state index in [1.807, 2.05) is 12.1 Å². The maximum absolute atomic E-state index is 12.4. The minimum Gasteiger partial charge on any atom is -0.426 e. The number of hydrogen-bond acceptors (Lipinski definition) is 6. The van der Waals surface area contributed by atoms with Crippen molar-refractivity contribution in [2.75, 3.05) is 0 Å². The van der Waals surface area contributed by atoms with Crippen molar-refractivity contribution in [2.24, 2.45) is 10.8 Å². The largest absolute Gasteiger partial charge is 0.426 e. The molecule has 0 amide bonds. The second-order valence-corrected chi connectivity index (χ2v) is 9.75. The Morgan fingerprint density at radius 1 is 0.559 bits per heavy atom. The molecule has 34 heavy (non-hydrogen) atoms. The first-order chi connectivity index (χ1) is 16.0. The van der Waals surface area contributed by atoms with E-state index in [4.69, 9.17) is 9.47 Å². The minimum atomic E-state index is -0.821. The fraction of sp³-hybridized carbons (Fsp3) is 0.429. The zero-order chi connectivity index (χ0) is 25.2. The number of benzene rings is 2. The number of carbonyl (C=O) groups excluding carboxylic acids is 4. The van der Waals surface area contributed by atoms with Crippen LogP contribution < -0.4 is 9.47 Å². The van der Waals surface area contributed by atoms with Crippen LogP contribution in [0.3, 0.4) is 0 Å². The maximum atomic E-state index is 12.4. The van der Waals surface area contributed by atoms with E-state index in [0.717, 1.165) is 0 Å². The van der Waals surface area contributed by atoms with Crippen molar-refractivity contribution in [3.05, 3.63) is 60.7 Å². The van der Waals surface area contributed by atoms with Crippen LogP contribution in [0.5, 0.6) is 11.5 Å². The molecule has 0 spiro atoms. The number of para-hydroxylation sites is 2. The average molecular weight is 467 g/mol. The summed E-state index contributed by atoms with van der Waals surface area (Å²) in [4.78, 5) is 49.5. The summed E-state index contributed by atoms with van der Waals surface area (Å²) in [6.45, 7) is 6.97. The summed E-state index contributed by atoms with van der Waals surface area (Å²) >= 11 is 0. The molecule has 0 aromatic heterocycles. The van der Waals surface area contributed by atoms with Gasteiger partial charge >= 0.3 is 11.9 Å². The zero-order valence-corrected chi connectivity index (χ0v) is 20.5. The van der Waals surface area contributed by atoms with Crippen LogP contribution in [0.4, 0.5) is 0 Å². The Morgan fingerprint density at radius 3 is 1.21 bits per heavy atom. The van der Waals surface area contributed by atoms with Crippen LogP contribution in [0, 0.1) is 10.8 Å². The Bertz CT molecular complexity index is 895. The molecule has 0 radical (unpaired) electrons. The fourth-order valence-corrected chi connectivity index (χ4v) is 3.10. The van der Waals surface area contributed by atoms with Crippen molar-refractivity contribution < 1.29 is 28.7 Å². The Kier molecular flexibility index (Phi) is 9.72.